The zero-order valence-electron chi connectivity index (χ0n) is 10.7. The van der Waals surface area contributed by atoms with Crippen LogP contribution in [0.1, 0.15) is 10.4 Å². The first-order chi connectivity index (χ1) is 10.1. The van der Waals surface area contributed by atoms with Gasteiger partial charge in [-0.25, -0.2) is 0 Å². The Morgan fingerprint density at radius 1 is 1.14 bits per heavy atom. The molecule has 0 amide bonds. The number of hydrogen-bond donors (Lipinski definition) is 0. The van der Waals surface area contributed by atoms with Crippen LogP contribution in [0.2, 0.25) is 5.15 Å². The van der Waals surface area contributed by atoms with Gasteiger partial charge in [-0.05, 0) is 12.1 Å². The zero-order valence-corrected chi connectivity index (χ0v) is 11.4. The van der Waals surface area contributed by atoms with Crippen LogP contribution < -0.4 is 0 Å². The van der Waals surface area contributed by atoms with E-state index in [9.17, 15) is 14.9 Å². The van der Waals surface area contributed by atoms with Crippen LogP contribution in [0.3, 0.4) is 0 Å². The quantitative estimate of drug-likeness (QED) is 0.417. The van der Waals surface area contributed by atoms with Gasteiger partial charge in [-0.3, -0.25) is 19.5 Å². The van der Waals surface area contributed by atoms with Gasteiger partial charge in [0.1, 0.15) is 5.15 Å². The molecule has 2 aromatic carbocycles. The van der Waals surface area contributed by atoms with Crippen LogP contribution in [0, 0.1) is 10.1 Å². The van der Waals surface area contributed by atoms with Crippen LogP contribution in [0.15, 0.2) is 48.5 Å². The third kappa shape index (κ3) is 2.08. The van der Waals surface area contributed by atoms with Crippen LogP contribution in [0.5, 0.6) is 0 Å². The molecule has 5 nitrogen and oxygen atoms in total. The van der Waals surface area contributed by atoms with E-state index in [0.717, 1.165) is 5.52 Å². The van der Waals surface area contributed by atoms with Crippen LogP contribution >= 0.6 is 11.6 Å². The molecule has 0 fully saturated rings. The Hall–Kier alpha value is -2.66. The molecule has 0 unspecified atom stereocenters. The largest absolute Gasteiger partial charge is 0.299 e. The predicted octanol–water partition coefficient (Wildman–Crippen LogP) is 4.00. The van der Waals surface area contributed by atoms with E-state index in [1.165, 1.54) is 12.1 Å². The molecule has 0 saturated carbocycles. The first-order valence-corrected chi connectivity index (χ1v) is 6.50. The highest BCUT2D eigenvalue weighted by Crippen LogP contribution is 2.32. The summed E-state index contributed by atoms with van der Waals surface area (Å²) in [6, 6.07) is 13.4. The van der Waals surface area contributed by atoms with E-state index in [-0.39, 0.29) is 10.8 Å². The molecule has 0 aliphatic rings. The molecular formula is C15H9ClN2O3. The SMILES string of the molecule is O=Cc1c(Cl)n(-c2cccc([N+](=O)[O-])c2)c2ccccc12. The number of nitrogens with zero attached hydrogens (tertiary/aromatic N) is 2. The molecule has 0 saturated heterocycles. The fourth-order valence-corrected chi connectivity index (χ4v) is 2.68. The molecule has 0 bridgehead atoms. The van der Waals surface area contributed by atoms with Gasteiger partial charge in [0.2, 0.25) is 0 Å². The number of fused-ring (bicyclic) bond motifs is 1. The maximum atomic E-state index is 11.3. The number of rotatable bonds is 3. The van der Waals surface area contributed by atoms with Gasteiger partial charge in [0, 0.05) is 17.5 Å². The maximum Gasteiger partial charge on any atom is 0.271 e. The molecule has 0 aliphatic heterocycles. The average Bonchev–Trinajstić information content (AvgIpc) is 2.78. The first kappa shape index (κ1) is 13.3. The fourth-order valence-electron chi connectivity index (χ4n) is 2.34. The average molecular weight is 301 g/mol. The second-order valence-corrected chi connectivity index (χ2v) is 4.81. The number of halogens is 1. The van der Waals surface area contributed by atoms with Crippen molar-refractivity contribution in [3.63, 3.8) is 0 Å². The number of carbonyl (C=O) groups excluding carboxylic acids is 1. The first-order valence-electron chi connectivity index (χ1n) is 6.12. The van der Waals surface area contributed by atoms with E-state index >= 15 is 0 Å². The van der Waals surface area contributed by atoms with E-state index < -0.39 is 4.92 Å². The second kappa shape index (κ2) is 5.03. The zero-order chi connectivity index (χ0) is 15.0. The van der Waals surface area contributed by atoms with Gasteiger partial charge < -0.3 is 0 Å². The smallest absolute Gasteiger partial charge is 0.271 e. The van der Waals surface area contributed by atoms with Crippen LogP contribution in [-0.2, 0) is 0 Å². The highest BCUT2D eigenvalue weighted by molar-refractivity contribution is 6.34. The van der Waals surface area contributed by atoms with Crippen molar-refractivity contribution in [1.82, 2.24) is 4.57 Å². The lowest BCUT2D eigenvalue weighted by Gasteiger charge is -2.06. The van der Waals surface area contributed by atoms with Crippen LogP contribution in [0.25, 0.3) is 16.6 Å². The molecule has 104 valence electrons. The monoisotopic (exact) mass is 300 g/mol. The second-order valence-electron chi connectivity index (χ2n) is 4.45. The number of carbonyl (C=O) groups is 1. The topological polar surface area (TPSA) is 65.1 Å². The number of non-ortho nitro benzene ring substituents is 1. The summed E-state index contributed by atoms with van der Waals surface area (Å²) in [5.74, 6) is 0. The molecule has 0 radical (unpaired) electrons. The summed E-state index contributed by atoms with van der Waals surface area (Å²) in [6.45, 7) is 0. The number of benzene rings is 2. The Balaban J connectivity index is 2.35. The minimum Gasteiger partial charge on any atom is -0.299 e. The Bertz CT molecular complexity index is 870. The summed E-state index contributed by atoms with van der Waals surface area (Å²) in [5, 5.41) is 11.9. The molecule has 21 heavy (non-hydrogen) atoms. The van der Waals surface area contributed by atoms with Crippen LogP contribution in [-0.4, -0.2) is 15.8 Å². The van der Waals surface area contributed by atoms with Gasteiger partial charge in [-0.2, -0.15) is 0 Å². The Kier molecular flexibility index (Phi) is 3.19. The summed E-state index contributed by atoms with van der Waals surface area (Å²) < 4.78 is 1.63. The normalized spacial score (nSPS) is 10.7. The van der Waals surface area contributed by atoms with Crippen LogP contribution in [0.4, 0.5) is 5.69 Å². The third-order valence-corrected chi connectivity index (χ3v) is 3.64. The summed E-state index contributed by atoms with van der Waals surface area (Å²) in [7, 11) is 0. The van der Waals surface area contributed by atoms with Crippen molar-refractivity contribution < 1.29 is 9.72 Å². The summed E-state index contributed by atoms with van der Waals surface area (Å²) in [4.78, 5) is 21.7. The molecule has 0 N–H and O–H groups in total. The van der Waals surface area contributed by atoms with E-state index in [1.54, 1.807) is 22.8 Å². The van der Waals surface area contributed by atoms with Crippen molar-refractivity contribution in [2.24, 2.45) is 0 Å². The van der Waals surface area contributed by atoms with Gasteiger partial charge in [-0.15, -0.1) is 0 Å². The van der Waals surface area contributed by atoms with Crippen molar-refractivity contribution in [1.29, 1.82) is 0 Å². The number of hydrogen-bond acceptors (Lipinski definition) is 3. The summed E-state index contributed by atoms with van der Waals surface area (Å²) >= 11 is 6.28. The molecule has 3 rings (SSSR count). The lowest BCUT2D eigenvalue weighted by Crippen LogP contribution is -1.96. The van der Waals surface area contributed by atoms with Crippen molar-refractivity contribution >= 4 is 34.5 Å². The molecule has 6 heteroatoms. The number of aromatic nitrogens is 1. The van der Waals surface area contributed by atoms with E-state index in [4.69, 9.17) is 11.6 Å². The Labute approximate surface area is 124 Å². The van der Waals surface area contributed by atoms with Crippen molar-refractivity contribution in [2.45, 2.75) is 0 Å². The highest BCUT2D eigenvalue weighted by Gasteiger charge is 2.17. The highest BCUT2D eigenvalue weighted by atomic mass is 35.5. The van der Waals surface area contributed by atoms with E-state index in [1.807, 2.05) is 18.2 Å². The summed E-state index contributed by atoms with van der Waals surface area (Å²) in [6.07, 6.45) is 0.693. The molecule has 1 heterocycles. The van der Waals surface area contributed by atoms with E-state index in [0.29, 0.717) is 22.9 Å². The lowest BCUT2D eigenvalue weighted by atomic mass is 10.2. The van der Waals surface area contributed by atoms with Crippen molar-refractivity contribution in [3.8, 4) is 5.69 Å². The van der Waals surface area contributed by atoms with Gasteiger partial charge >= 0.3 is 0 Å². The fraction of sp³-hybridized carbons (Fsp3) is 0. The van der Waals surface area contributed by atoms with E-state index in [2.05, 4.69) is 0 Å². The third-order valence-electron chi connectivity index (χ3n) is 3.27. The molecule has 0 spiro atoms. The number of para-hydroxylation sites is 1. The van der Waals surface area contributed by atoms with Crippen molar-refractivity contribution in [3.05, 3.63) is 69.4 Å². The molecule has 3 aromatic rings. The summed E-state index contributed by atoms with van der Waals surface area (Å²) in [5.41, 5.74) is 1.61. The Morgan fingerprint density at radius 2 is 1.90 bits per heavy atom. The molecule has 1 aromatic heterocycles. The predicted molar refractivity (Wildman–Crippen MR) is 80.3 cm³/mol. The van der Waals surface area contributed by atoms with Gasteiger partial charge in [-0.1, -0.05) is 35.9 Å². The number of aldehydes is 1. The Morgan fingerprint density at radius 3 is 2.62 bits per heavy atom. The van der Waals surface area contributed by atoms with Gasteiger partial charge in [0.25, 0.3) is 5.69 Å². The maximum absolute atomic E-state index is 11.3. The van der Waals surface area contributed by atoms with Gasteiger partial charge in [0.15, 0.2) is 6.29 Å². The molecule has 0 aliphatic carbocycles. The van der Waals surface area contributed by atoms with Gasteiger partial charge in [0.05, 0.1) is 21.7 Å². The number of nitro groups is 1. The number of nitro benzene ring substituents is 1. The van der Waals surface area contributed by atoms with Crippen molar-refractivity contribution in [2.75, 3.05) is 0 Å². The minimum atomic E-state index is -0.469. The minimum absolute atomic E-state index is 0.0333. The molecular weight excluding hydrogens is 292 g/mol. The standard InChI is InChI=1S/C15H9ClN2O3/c16-15-13(9-19)12-6-1-2-7-14(12)17(15)10-4-3-5-11(8-10)18(20)21/h1-9H. The lowest BCUT2D eigenvalue weighted by molar-refractivity contribution is -0.384. The molecule has 0 atom stereocenters.